The van der Waals surface area contributed by atoms with Crippen molar-refractivity contribution >= 4 is 46.3 Å². The first-order valence-corrected chi connectivity index (χ1v) is 13.5. The molecule has 42 heavy (non-hydrogen) atoms. The highest BCUT2D eigenvalue weighted by atomic mass is 16.5. The van der Waals surface area contributed by atoms with Crippen LogP contribution in [-0.2, 0) is 25.6 Å². The van der Waals surface area contributed by atoms with Crippen LogP contribution in [0.1, 0.15) is 42.6 Å². The minimum Gasteiger partial charge on any atom is -0.466 e. The van der Waals surface area contributed by atoms with E-state index in [0.29, 0.717) is 23.1 Å². The Labute approximate surface area is 242 Å². The third-order valence-electron chi connectivity index (χ3n) is 6.31. The van der Waals surface area contributed by atoms with Gasteiger partial charge in [-0.3, -0.25) is 9.59 Å². The molecule has 0 aliphatic heterocycles. The Kier molecular flexibility index (Phi) is 9.82. The molecule has 0 saturated carbocycles. The summed E-state index contributed by atoms with van der Waals surface area (Å²) < 4.78 is 9.99. The van der Waals surface area contributed by atoms with Crippen molar-refractivity contribution in [2.45, 2.75) is 39.3 Å². The summed E-state index contributed by atoms with van der Waals surface area (Å²) in [5.74, 6) is -1.24. The van der Waals surface area contributed by atoms with Crippen LogP contribution in [-0.4, -0.2) is 52.1 Å². The van der Waals surface area contributed by atoms with Gasteiger partial charge in [-0.05, 0) is 56.2 Å². The molecule has 0 aliphatic rings. The van der Waals surface area contributed by atoms with Crippen LogP contribution in [0.3, 0.4) is 0 Å². The number of carbonyl (C=O) groups is 3. The van der Waals surface area contributed by atoms with E-state index in [1.54, 1.807) is 38.1 Å². The maximum atomic E-state index is 12.9. The lowest BCUT2D eigenvalue weighted by Crippen LogP contribution is -2.42. The summed E-state index contributed by atoms with van der Waals surface area (Å²) in [6, 6.07) is 17.4. The van der Waals surface area contributed by atoms with Gasteiger partial charge in [0.1, 0.15) is 11.9 Å². The summed E-state index contributed by atoms with van der Waals surface area (Å²) >= 11 is 0. The number of nitrogen functional groups attached to an aromatic ring is 2. The third-order valence-corrected chi connectivity index (χ3v) is 6.31. The van der Waals surface area contributed by atoms with Gasteiger partial charge < -0.3 is 31.6 Å². The van der Waals surface area contributed by atoms with Crippen molar-refractivity contribution in [1.82, 2.24) is 20.3 Å². The first-order valence-electron chi connectivity index (χ1n) is 13.5. The Morgan fingerprint density at radius 1 is 0.905 bits per heavy atom. The Morgan fingerprint density at radius 3 is 2.31 bits per heavy atom. The molecule has 1 atom stereocenters. The molecule has 0 spiro atoms. The average Bonchev–Trinajstić information content (AvgIpc) is 2.98. The number of fused-ring (bicyclic) bond motifs is 1. The Morgan fingerprint density at radius 2 is 1.62 bits per heavy atom. The van der Waals surface area contributed by atoms with Crippen LogP contribution in [0, 0.1) is 0 Å². The van der Waals surface area contributed by atoms with E-state index in [4.69, 9.17) is 25.9 Å². The summed E-state index contributed by atoms with van der Waals surface area (Å²) in [4.78, 5) is 50.1. The second-order valence-electron chi connectivity index (χ2n) is 9.25. The summed E-state index contributed by atoms with van der Waals surface area (Å²) in [6.07, 6.45) is 0.0367. The van der Waals surface area contributed by atoms with E-state index in [2.05, 4.69) is 20.6 Å². The van der Waals surface area contributed by atoms with Gasteiger partial charge in [-0.25, -0.2) is 9.78 Å². The number of rotatable bonds is 12. The van der Waals surface area contributed by atoms with Gasteiger partial charge in [0.2, 0.25) is 5.95 Å². The molecule has 2 aromatic carbocycles. The summed E-state index contributed by atoms with van der Waals surface area (Å²) in [6.45, 7) is 4.14. The monoisotopic (exact) mass is 571 g/mol. The quantitative estimate of drug-likeness (QED) is 0.183. The van der Waals surface area contributed by atoms with Gasteiger partial charge >= 0.3 is 11.9 Å². The van der Waals surface area contributed by atoms with Crippen molar-refractivity contribution in [3.8, 4) is 11.3 Å². The number of nitrogens with zero attached hydrogens (tertiary/aromatic N) is 3. The molecule has 0 aliphatic carbocycles. The smallest absolute Gasteiger partial charge is 0.328 e. The second-order valence-corrected chi connectivity index (χ2v) is 9.25. The van der Waals surface area contributed by atoms with Gasteiger partial charge in [-0.1, -0.05) is 30.3 Å². The zero-order valence-electron chi connectivity index (χ0n) is 23.4. The van der Waals surface area contributed by atoms with E-state index in [1.807, 2.05) is 36.4 Å². The number of pyridine rings is 1. The Balaban J connectivity index is 1.48. The standard InChI is InChI=1S/C30H33N7O5/c1-3-41-24(38)15-14-23(29(40)42-4-2)34-28(39)19-10-12-21(13-11-19)33-17-20-16-22-26(31)36-30(32)37-27(22)35-25(20)18-8-6-5-7-9-18/h5-13,16,23,33H,3-4,14-15,17H2,1-2H3,(H,34,39)(H4,31,32,35,36,37)/t23-/m0/s1. The normalized spacial score (nSPS) is 11.5. The molecular weight excluding hydrogens is 538 g/mol. The zero-order chi connectivity index (χ0) is 30.1. The SMILES string of the molecule is CCOC(=O)CC[C@H](NC(=O)c1ccc(NCc2cc3c(N)nc(N)nc3nc2-c2ccccc2)cc1)C(=O)OCC. The van der Waals surface area contributed by atoms with Crippen molar-refractivity contribution in [3.63, 3.8) is 0 Å². The van der Waals surface area contributed by atoms with Crippen LogP contribution in [0.15, 0.2) is 60.7 Å². The number of hydrogen-bond donors (Lipinski definition) is 4. The first kappa shape index (κ1) is 29.7. The first-order chi connectivity index (χ1) is 20.3. The number of nitrogens with two attached hydrogens (primary N) is 2. The van der Waals surface area contributed by atoms with Gasteiger partial charge in [0.15, 0.2) is 5.65 Å². The van der Waals surface area contributed by atoms with Crippen LogP contribution in [0.2, 0.25) is 0 Å². The number of nitrogens with one attached hydrogen (secondary N) is 2. The molecule has 2 aromatic heterocycles. The lowest BCUT2D eigenvalue weighted by molar-refractivity contribution is -0.146. The number of esters is 2. The van der Waals surface area contributed by atoms with E-state index in [0.717, 1.165) is 22.5 Å². The van der Waals surface area contributed by atoms with Gasteiger partial charge in [-0.15, -0.1) is 0 Å². The number of ether oxygens (including phenoxy) is 2. The lowest BCUT2D eigenvalue weighted by atomic mass is 10.0. The maximum Gasteiger partial charge on any atom is 0.328 e. The van der Waals surface area contributed by atoms with Gasteiger partial charge in [0, 0.05) is 29.8 Å². The van der Waals surface area contributed by atoms with Crippen molar-refractivity contribution in [3.05, 3.63) is 71.8 Å². The van der Waals surface area contributed by atoms with E-state index >= 15 is 0 Å². The summed E-state index contributed by atoms with van der Waals surface area (Å²) in [5, 5.41) is 6.60. The Hall–Kier alpha value is -5.26. The minimum atomic E-state index is -0.983. The number of carbonyl (C=O) groups excluding carboxylic acids is 3. The van der Waals surface area contributed by atoms with Crippen LogP contribution < -0.4 is 22.1 Å². The molecule has 6 N–H and O–H groups in total. The molecule has 12 nitrogen and oxygen atoms in total. The Bertz CT molecular complexity index is 1560. The van der Waals surface area contributed by atoms with Crippen molar-refractivity contribution in [2.75, 3.05) is 30.0 Å². The largest absolute Gasteiger partial charge is 0.466 e. The molecule has 0 fully saturated rings. The zero-order valence-corrected chi connectivity index (χ0v) is 23.4. The van der Waals surface area contributed by atoms with E-state index in [9.17, 15) is 14.4 Å². The molecule has 0 radical (unpaired) electrons. The van der Waals surface area contributed by atoms with Gasteiger partial charge in [0.25, 0.3) is 5.91 Å². The molecule has 2 heterocycles. The molecule has 0 unspecified atom stereocenters. The topological polar surface area (TPSA) is 184 Å². The van der Waals surface area contributed by atoms with Crippen LogP contribution in [0.5, 0.6) is 0 Å². The molecular formula is C30H33N7O5. The molecule has 4 aromatic rings. The number of benzene rings is 2. The fourth-order valence-corrected chi connectivity index (χ4v) is 4.28. The predicted octanol–water partition coefficient (Wildman–Crippen LogP) is 3.47. The fourth-order valence-electron chi connectivity index (χ4n) is 4.28. The molecule has 0 bridgehead atoms. The molecule has 12 heteroatoms. The minimum absolute atomic E-state index is 0.0276. The number of hydrogen-bond acceptors (Lipinski definition) is 11. The summed E-state index contributed by atoms with van der Waals surface area (Å²) in [5.41, 5.74) is 15.9. The van der Waals surface area contributed by atoms with Crippen LogP contribution in [0.25, 0.3) is 22.3 Å². The number of anilines is 3. The molecule has 218 valence electrons. The average molecular weight is 572 g/mol. The predicted molar refractivity (Wildman–Crippen MR) is 159 cm³/mol. The second kappa shape index (κ2) is 13.9. The maximum absolute atomic E-state index is 12.9. The number of aromatic nitrogens is 3. The van der Waals surface area contributed by atoms with Gasteiger partial charge in [-0.2, -0.15) is 9.97 Å². The third kappa shape index (κ3) is 7.47. The van der Waals surface area contributed by atoms with Crippen molar-refractivity contribution in [1.29, 1.82) is 0 Å². The van der Waals surface area contributed by atoms with Gasteiger partial charge in [0.05, 0.1) is 24.3 Å². The molecule has 0 saturated heterocycles. The van der Waals surface area contributed by atoms with Crippen molar-refractivity contribution < 1.29 is 23.9 Å². The lowest BCUT2D eigenvalue weighted by Gasteiger charge is -2.17. The highest BCUT2D eigenvalue weighted by molar-refractivity contribution is 5.97. The molecule has 1 amide bonds. The van der Waals surface area contributed by atoms with E-state index in [-0.39, 0.29) is 37.8 Å². The molecule has 4 rings (SSSR count). The number of amides is 1. The summed E-state index contributed by atoms with van der Waals surface area (Å²) in [7, 11) is 0. The van der Waals surface area contributed by atoms with Crippen LogP contribution >= 0.6 is 0 Å². The van der Waals surface area contributed by atoms with E-state index in [1.165, 1.54) is 0 Å². The van der Waals surface area contributed by atoms with E-state index < -0.39 is 23.9 Å². The van der Waals surface area contributed by atoms with Crippen molar-refractivity contribution in [2.24, 2.45) is 0 Å². The van der Waals surface area contributed by atoms with Crippen LogP contribution in [0.4, 0.5) is 17.5 Å². The highest BCUT2D eigenvalue weighted by Crippen LogP contribution is 2.28. The fraction of sp³-hybridized carbons (Fsp3) is 0.267. The highest BCUT2D eigenvalue weighted by Gasteiger charge is 2.24.